The molecule has 0 atom stereocenters. The van der Waals surface area contributed by atoms with E-state index in [0.29, 0.717) is 0 Å². The average molecular weight is 254 g/mol. The van der Waals surface area contributed by atoms with Crippen molar-refractivity contribution in [2.45, 2.75) is 4.90 Å². The van der Waals surface area contributed by atoms with Crippen molar-refractivity contribution in [1.29, 1.82) is 5.26 Å². The first-order valence-electron chi connectivity index (χ1n) is 3.20. The third-order valence-corrected chi connectivity index (χ3v) is 3.12. The lowest BCUT2D eigenvalue weighted by molar-refractivity contribution is 0.552. The van der Waals surface area contributed by atoms with E-state index in [2.05, 4.69) is 0 Å². The molecular formula is C7H2Cl2FNO2S. The number of hydrogen-bond donors (Lipinski definition) is 0. The SMILES string of the molecule is N#Cc1cc(Cl)c(S(=O)(=O)F)c(Cl)c1. The smallest absolute Gasteiger partial charge is 0.192 e. The van der Waals surface area contributed by atoms with Gasteiger partial charge in [0.25, 0.3) is 0 Å². The van der Waals surface area contributed by atoms with Crippen molar-refractivity contribution in [2.24, 2.45) is 0 Å². The second kappa shape index (κ2) is 3.73. The van der Waals surface area contributed by atoms with Gasteiger partial charge in [-0.25, -0.2) is 0 Å². The monoisotopic (exact) mass is 253 g/mol. The molecule has 0 saturated heterocycles. The number of rotatable bonds is 1. The summed E-state index contributed by atoms with van der Waals surface area (Å²) in [6.07, 6.45) is 0. The maximum atomic E-state index is 12.6. The molecule has 0 unspecified atom stereocenters. The van der Waals surface area contributed by atoms with Crippen LogP contribution in [0.1, 0.15) is 5.56 Å². The predicted molar refractivity (Wildman–Crippen MR) is 49.5 cm³/mol. The highest BCUT2D eigenvalue weighted by Gasteiger charge is 2.21. The Morgan fingerprint density at radius 2 is 1.71 bits per heavy atom. The molecule has 1 aromatic carbocycles. The number of halogens is 3. The predicted octanol–water partition coefficient (Wildman–Crippen LogP) is 2.52. The topological polar surface area (TPSA) is 57.9 Å². The Labute approximate surface area is 89.9 Å². The number of nitriles is 1. The molecule has 0 radical (unpaired) electrons. The zero-order valence-corrected chi connectivity index (χ0v) is 8.79. The minimum atomic E-state index is -4.96. The van der Waals surface area contributed by atoms with Crippen molar-refractivity contribution < 1.29 is 12.3 Å². The van der Waals surface area contributed by atoms with Crippen molar-refractivity contribution in [3.05, 3.63) is 27.7 Å². The van der Waals surface area contributed by atoms with Gasteiger partial charge < -0.3 is 0 Å². The van der Waals surface area contributed by atoms with Gasteiger partial charge in [-0.2, -0.15) is 13.7 Å². The van der Waals surface area contributed by atoms with Crippen molar-refractivity contribution in [1.82, 2.24) is 0 Å². The summed E-state index contributed by atoms with van der Waals surface area (Å²) < 4.78 is 33.7. The van der Waals surface area contributed by atoms with E-state index in [9.17, 15) is 12.3 Å². The summed E-state index contributed by atoms with van der Waals surface area (Å²) in [4.78, 5) is -0.806. The molecule has 1 aromatic rings. The van der Waals surface area contributed by atoms with Gasteiger partial charge in [0.2, 0.25) is 0 Å². The lowest BCUT2D eigenvalue weighted by Gasteiger charge is -2.01. The highest BCUT2D eigenvalue weighted by Crippen LogP contribution is 2.31. The minimum Gasteiger partial charge on any atom is -0.192 e. The molecule has 1 rings (SSSR count). The van der Waals surface area contributed by atoms with E-state index in [1.807, 2.05) is 0 Å². The Morgan fingerprint density at radius 3 is 2.00 bits per heavy atom. The lowest BCUT2D eigenvalue weighted by atomic mass is 10.2. The number of benzene rings is 1. The molecule has 0 aliphatic heterocycles. The quantitative estimate of drug-likeness (QED) is 0.723. The average Bonchev–Trinajstić information content (AvgIpc) is 1.99. The van der Waals surface area contributed by atoms with Gasteiger partial charge in [-0.15, -0.1) is 3.89 Å². The first kappa shape index (κ1) is 11.2. The van der Waals surface area contributed by atoms with E-state index in [0.717, 1.165) is 12.1 Å². The Hall–Kier alpha value is -0.830. The van der Waals surface area contributed by atoms with E-state index in [-0.39, 0.29) is 5.56 Å². The lowest BCUT2D eigenvalue weighted by Crippen LogP contribution is -1.95. The first-order valence-corrected chi connectivity index (χ1v) is 5.34. The van der Waals surface area contributed by atoms with Crippen LogP contribution in [0, 0.1) is 11.3 Å². The van der Waals surface area contributed by atoms with E-state index >= 15 is 0 Å². The second-order valence-corrected chi connectivity index (χ2v) is 4.42. The van der Waals surface area contributed by atoms with Crippen LogP contribution in [0.25, 0.3) is 0 Å². The van der Waals surface area contributed by atoms with Gasteiger partial charge in [0.15, 0.2) is 0 Å². The molecule has 74 valence electrons. The second-order valence-electron chi connectivity index (χ2n) is 2.32. The Balaban J connectivity index is 3.59. The summed E-state index contributed by atoms with van der Waals surface area (Å²) in [7, 11) is -4.96. The highest BCUT2D eigenvalue weighted by molar-refractivity contribution is 7.86. The molecule has 3 nitrogen and oxygen atoms in total. The molecule has 0 saturated carbocycles. The third kappa shape index (κ3) is 2.15. The van der Waals surface area contributed by atoms with Crippen LogP contribution >= 0.6 is 23.2 Å². The van der Waals surface area contributed by atoms with Gasteiger partial charge in [-0.05, 0) is 12.1 Å². The largest absolute Gasteiger partial charge is 0.335 e. The molecule has 14 heavy (non-hydrogen) atoms. The van der Waals surface area contributed by atoms with Crippen LogP contribution in [-0.2, 0) is 10.2 Å². The van der Waals surface area contributed by atoms with Crippen molar-refractivity contribution >= 4 is 33.4 Å². The zero-order chi connectivity index (χ0) is 10.9. The first-order chi connectivity index (χ1) is 6.36. The number of nitrogens with zero attached hydrogens (tertiary/aromatic N) is 1. The van der Waals surface area contributed by atoms with Gasteiger partial charge in [-0.1, -0.05) is 23.2 Å². The molecule has 0 spiro atoms. The molecule has 0 heterocycles. The third-order valence-electron chi connectivity index (χ3n) is 1.37. The van der Waals surface area contributed by atoms with Gasteiger partial charge in [0.05, 0.1) is 21.7 Å². The van der Waals surface area contributed by atoms with Crippen LogP contribution in [0.2, 0.25) is 10.0 Å². The molecule has 7 heteroatoms. The fourth-order valence-electron chi connectivity index (χ4n) is 0.857. The van der Waals surface area contributed by atoms with E-state index in [1.54, 1.807) is 6.07 Å². The number of hydrogen-bond acceptors (Lipinski definition) is 3. The molecular weight excluding hydrogens is 252 g/mol. The van der Waals surface area contributed by atoms with Gasteiger partial charge >= 0.3 is 10.2 Å². The summed E-state index contributed by atoms with van der Waals surface area (Å²) >= 11 is 10.9. The Morgan fingerprint density at radius 1 is 1.29 bits per heavy atom. The standard InChI is InChI=1S/C7H2Cl2FNO2S/c8-5-1-4(3-11)2-6(9)7(5)14(10,12)13/h1-2H. The normalized spacial score (nSPS) is 11.0. The van der Waals surface area contributed by atoms with Crippen LogP contribution in [-0.4, -0.2) is 8.42 Å². The minimum absolute atomic E-state index is 0.0624. The summed E-state index contributed by atoms with van der Waals surface area (Å²) in [5.41, 5.74) is 0.0624. The summed E-state index contributed by atoms with van der Waals surface area (Å²) in [6, 6.07) is 3.76. The fraction of sp³-hybridized carbons (Fsp3) is 0. The van der Waals surface area contributed by atoms with Crippen LogP contribution < -0.4 is 0 Å². The van der Waals surface area contributed by atoms with Crippen LogP contribution in [0.3, 0.4) is 0 Å². The van der Waals surface area contributed by atoms with Crippen molar-refractivity contribution in [3.63, 3.8) is 0 Å². The maximum absolute atomic E-state index is 12.6. The van der Waals surface area contributed by atoms with Crippen LogP contribution in [0.15, 0.2) is 17.0 Å². The molecule has 0 N–H and O–H groups in total. The molecule has 0 aliphatic carbocycles. The fourth-order valence-corrected chi connectivity index (χ4v) is 2.48. The van der Waals surface area contributed by atoms with Crippen molar-refractivity contribution in [3.8, 4) is 6.07 Å². The van der Waals surface area contributed by atoms with E-state index in [1.165, 1.54) is 0 Å². The maximum Gasteiger partial charge on any atom is 0.335 e. The van der Waals surface area contributed by atoms with Crippen molar-refractivity contribution in [2.75, 3.05) is 0 Å². The van der Waals surface area contributed by atoms with Crippen LogP contribution in [0.4, 0.5) is 3.89 Å². The molecule has 0 aromatic heterocycles. The summed E-state index contributed by atoms with van der Waals surface area (Å²) in [6.45, 7) is 0. The van der Waals surface area contributed by atoms with Gasteiger partial charge in [0.1, 0.15) is 4.90 Å². The summed E-state index contributed by atoms with van der Waals surface area (Å²) in [5, 5.41) is 7.66. The zero-order valence-electron chi connectivity index (χ0n) is 6.46. The van der Waals surface area contributed by atoms with E-state index in [4.69, 9.17) is 28.5 Å². The molecule has 0 amide bonds. The molecule has 0 aliphatic rings. The van der Waals surface area contributed by atoms with Crippen LogP contribution in [0.5, 0.6) is 0 Å². The Bertz CT molecular complexity index is 498. The van der Waals surface area contributed by atoms with Gasteiger partial charge in [-0.3, -0.25) is 0 Å². The Kier molecular flexibility index (Phi) is 3.00. The molecule has 0 bridgehead atoms. The van der Waals surface area contributed by atoms with Gasteiger partial charge in [0, 0.05) is 0 Å². The molecule has 0 fully saturated rings. The summed E-state index contributed by atoms with van der Waals surface area (Å²) in [5.74, 6) is 0. The highest BCUT2D eigenvalue weighted by atomic mass is 35.5. The van der Waals surface area contributed by atoms with E-state index < -0.39 is 25.2 Å².